The molecule has 0 saturated carbocycles. The van der Waals surface area contributed by atoms with E-state index in [1.54, 1.807) is 7.11 Å². The van der Waals surface area contributed by atoms with Crippen molar-refractivity contribution in [1.82, 2.24) is 0 Å². The zero-order valence-corrected chi connectivity index (χ0v) is 9.06. The lowest BCUT2D eigenvalue weighted by Gasteiger charge is -2.13. The molecule has 1 unspecified atom stereocenters. The summed E-state index contributed by atoms with van der Waals surface area (Å²) in [4.78, 5) is 10.5. The van der Waals surface area contributed by atoms with Gasteiger partial charge in [-0.25, -0.2) is 0 Å². The second-order valence-electron chi connectivity index (χ2n) is 3.44. The van der Waals surface area contributed by atoms with Crippen LogP contribution in [0.25, 0.3) is 0 Å². The van der Waals surface area contributed by atoms with Gasteiger partial charge in [-0.15, -0.1) is 0 Å². The minimum absolute atomic E-state index is 0.0735. The maximum absolute atomic E-state index is 10.5. The van der Waals surface area contributed by atoms with E-state index in [0.29, 0.717) is 0 Å². The third-order valence-corrected chi connectivity index (χ3v) is 2.36. The second kappa shape index (κ2) is 5.51. The number of hydrogen-bond acceptors (Lipinski definition) is 2. The molecule has 0 spiro atoms. The van der Waals surface area contributed by atoms with Crippen LogP contribution in [0.4, 0.5) is 0 Å². The van der Waals surface area contributed by atoms with Crippen LogP contribution in [-0.2, 0) is 16.0 Å². The van der Waals surface area contributed by atoms with E-state index in [0.717, 1.165) is 17.5 Å². The maximum Gasteiger partial charge on any atom is 0.307 e. The summed E-state index contributed by atoms with van der Waals surface area (Å²) >= 11 is 0. The standard InChI is InChI=1S/C12H16O3/c1-3-11(15-2)10-6-4-9(5-7-10)8-12(13)14/h4-7,11H,3,8H2,1-2H3,(H,13,14). The molecule has 1 atom stereocenters. The molecule has 0 aliphatic rings. The molecule has 1 aromatic carbocycles. The van der Waals surface area contributed by atoms with Crippen LogP contribution in [-0.4, -0.2) is 18.2 Å². The number of ether oxygens (including phenoxy) is 1. The highest BCUT2D eigenvalue weighted by atomic mass is 16.5. The monoisotopic (exact) mass is 208 g/mol. The summed E-state index contributed by atoms with van der Waals surface area (Å²) in [6.45, 7) is 2.05. The molecule has 3 nitrogen and oxygen atoms in total. The fourth-order valence-electron chi connectivity index (χ4n) is 1.56. The average molecular weight is 208 g/mol. The number of carboxylic acids is 1. The van der Waals surface area contributed by atoms with Gasteiger partial charge < -0.3 is 9.84 Å². The Labute approximate surface area is 89.7 Å². The molecule has 1 N–H and O–H groups in total. The van der Waals surface area contributed by atoms with Gasteiger partial charge in [0.15, 0.2) is 0 Å². The van der Waals surface area contributed by atoms with Gasteiger partial charge in [0.05, 0.1) is 12.5 Å². The smallest absolute Gasteiger partial charge is 0.307 e. The highest BCUT2D eigenvalue weighted by Crippen LogP contribution is 2.20. The average Bonchev–Trinajstić information content (AvgIpc) is 2.21. The number of benzene rings is 1. The summed E-state index contributed by atoms with van der Waals surface area (Å²) in [5.74, 6) is -0.804. The van der Waals surface area contributed by atoms with Crippen molar-refractivity contribution in [3.05, 3.63) is 35.4 Å². The van der Waals surface area contributed by atoms with Gasteiger partial charge in [-0.2, -0.15) is 0 Å². The van der Waals surface area contributed by atoms with Crippen molar-refractivity contribution in [3.8, 4) is 0 Å². The minimum Gasteiger partial charge on any atom is -0.481 e. The molecular formula is C12H16O3. The summed E-state index contributed by atoms with van der Waals surface area (Å²) in [6.07, 6.45) is 1.09. The van der Waals surface area contributed by atoms with Gasteiger partial charge in [0.25, 0.3) is 0 Å². The number of methoxy groups -OCH3 is 1. The molecule has 1 rings (SSSR count). The van der Waals surface area contributed by atoms with Gasteiger partial charge in [0, 0.05) is 7.11 Å². The van der Waals surface area contributed by atoms with E-state index in [4.69, 9.17) is 9.84 Å². The SMILES string of the molecule is CCC(OC)c1ccc(CC(=O)O)cc1. The molecule has 82 valence electrons. The summed E-state index contributed by atoms with van der Waals surface area (Å²) in [7, 11) is 1.68. The highest BCUT2D eigenvalue weighted by Gasteiger charge is 2.07. The maximum atomic E-state index is 10.5. The van der Waals surface area contributed by atoms with Gasteiger partial charge in [0.1, 0.15) is 0 Å². The summed E-state index contributed by atoms with van der Waals surface area (Å²) in [6, 6.07) is 7.53. The summed E-state index contributed by atoms with van der Waals surface area (Å²) in [5, 5.41) is 8.61. The van der Waals surface area contributed by atoms with E-state index in [1.807, 2.05) is 24.3 Å². The Bertz CT molecular complexity index is 312. The molecule has 0 bridgehead atoms. The minimum atomic E-state index is -0.804. The van der Waals surface area contributed by atoms with Gasteiger partial charge in [0.2, 0.25) is 0 Å². The van der Waals surface area contributed by atoms with Crippen molar-refractivity contribution in [2.75, 3.05) is 7.11 Å². The predicted molar refractivity (Wildman–Crippen MR) is 57.8 cm³/mol. The summed E-state index contributed by atoms with van der Waals surface area (Å²) < 4.78 is 5.29. The first-order valence-electron chi connectivity index (χ1n) is 5.00. The van der Waals surface area contributed by atoms with E-state index >= 15 is 0 Å². The highest BCUT2D eigenvalue weighted by molar-refractivity contribution is 5.70. The first kappa shape index (κ1) is 11.7. The third-order valence-electron chi connectivity index (χ3n) is 2.36. The van der Waals surface area contributed by atoms with Crippen LogP contribution in [0.5, 0.6) is 0 Å². The molecule has 0 heterocycles. The zero-order chi connectivity index (χ0) is 11.3. The van der Waals surface area contributed by atoms with Crippen molar-refractivity contribution in [2.24, 2.45) is 0 Å². The van der Waals surface area contributed by atoms with Crippen LogP contribution in [0.1, 0.15) is 30.6 Å². The Morgan fingerprint density at radius 3 is 2.40 bits per heavy atom. The topological polar surface area (TPSA) is 46.5 Å². The van der Waals surface area contributed by atoms with Crippen LogP contribution >= 0.6 is 0 Å². The van der Waals surface area contributed by atoms with Crippen molar-refractivity contribution in [1.29, 1.82) is 0 Å². The fraction of sp³-hybridized carbons (Fsp3) is 0.417. The first-order chi connectivity index (χ1) is 7.17. The Balaban J connectivity index is 2.75. The zero-order valence-electron chi connectivity index (χ0n) is 9.06. The molecule has 0 fully saturated rings. The van der Waals surface area contributed by atoms with E-state index in [2.05, 4.69) is 6.92 Å². The van der Waals surface area contributed by atoms with E-state index in [-0.39, 0.29) is 12.5 Å². The predicted octanol–water partition coefficient (Wildman–Crippen LogP) is 2.41. The van der Waals surface area contributed by atoms with Crippen LogP contribution in [0.2, 0.25) is 0 Å². The molecule has 0 amide bonds. The molecule has 15 heavy (non-hydrogen) atoms. The lowest BCUT2D eigenvalue weighted by atomic mass is 10.0. The van der Waals surface area contributed by atoms with Crippen molar-refractivity contribution in [3.63, 3.8) is 0 Å². The Hall–Kier alpha value is -1.35. The number of carbonyl (C=O) groups is 1. The molecule has 1 aromatic rings. The Morgan fingerprint density at radius 1 is 1.40 bits per heavy atom. The number of rotatable bonds is 5. The van der Waals surface area contributed by atoms with Crippen LogP contribution < -0.4 is 0 Å². The van der Waals surface area contributed by atoms with Crippen LogP contribution in [0, 0.1) is 0 Å². The van der Waals surface area contributed by atoms with Crippen molar-refractivity contribution < 1.29 is 14.6 Å². The Kier molecular flexibility index (Phi) is 4.31. The van der Waals surface area contributed by atoms with Crippen molar-refractivity contribution >= 4 is 5.97 Å². The largest absolute Gasteiger partial charge is 0.481 e. The van der Waals surface area contributed by atoms with Crippen LogP contribution in [0.15, 0.2) is 24.3 Å². The fourth-order valence-corrected chi connectivity index (χ4v) is 1.56. The number of aliphatic carboxylic acids is 1. The van der Waals surface area contributed by atoms with Gasteiger partial charge in [-0.3, -0.25) is 4.79 Å². The van der Waals surface area contributed by atoms with Gasteiger partial charge in [-0.1, -0.05) is 31.2 Å². The number of carboxylic acid groups (broad SMARTS) is 1. The quantitative estimate of drug-likeness (QED) is 0.808. The normalized spacial score (nSPS) is 12.4. The molecule has 0 aromatic heterocycles. The van der Waals surface area contributed by atoms with E-state index in [1.165, 1.54) is 0 Å². The summed E-state index contributed by atoms with van der Waals surface area (Å²) in [5.41, 5.74) is 1.91. The Morgan fingerprint density at radius 2 is 2.00 bits per heavy atom. The molecular weight excluding hydrogens is 192 g/mol. The molecule has 0 aliphatic carbocycles. The first-order valence-corrected chi connectivity index (χ1v) is 5.00. The molecule has 0 radical (unpaired) electrons. The lowest BCUT2D eigenvalue weighted by Crippen LogP contribution is -2.02. The second-order valence-corrected chi connectivity index (χ2v) is 3.44. The van der Waals surface area contributed by atoms with Gasteiger partial charge in [-0.05, 0) is 17.5 Å². The number of hydrogen-bond donors (Lipinski definition) is 1. The van der Waals surface area contributed by atoms with Gasteiger partial charge >= 0.3 is 5.97 Å². The molecule has 0 saturated heterocycles. The van der Waals surface area contributed by atoms with E-state index < -0.39 is 5.97 Å². The van der Waals surface area contributed by atoms with Crippen molar-refractivity contribution in [2.45, 2.75) is 25.9 Å². The van der Waals surface area contributed by atoms with Crippen LogP contribution in [0.3, 0.4) is 0 Å². The third kappa shape index (κ3) is 3.36. The molecule has 0 aliphatic heterocycles. The van der Waals surface area contributed by atoms with E-state index in [9.17, 15) is 4.79 Å². The molecule has 3 heteroatoms. The lowest BCUT2D eigenvalue weighted by molar-refractivity contribution is -0.136.